The van der Waals surface area contributed by atoms with Gasteiger partial charge in [-0.25, -0.2) is 12.8 Å². The molecule has 0 fully saturated rings. The highest BCUT2D eigenvalue weighted by Crippen LogP contribution is 2.22. The van der Waals surface area contributed by atoms with Gasteiger partial charge in [-0.05, 0) is 36.4 Å². The second kappa shape index (κ2) is 5.78. The maximum atomic E-state index is 13.4. The monoisotopic (exact) mass is 306 g/mol. The Balaban J connectivity index is 2.38. The fourth-order valence-electron chi connectivity index (χ4n) is 1.66. The summed E-state index contributed by atoms with van der Waals surface area (Å²) in [7, 11) is -3.92. The molecule has 0 unspecified atom stereocenters. The molecule has 0 aliphatic carbocycles. The van der Waals surface area contributed by atoms with E-state index in [0.717, 1.165) is 6.07 Å². The third-order valence-corrected chi connectivity index (χ3v) is 4.08. The van der Waals surface area contributed by atoms with Crippen LogP contribution in [0.1, 0.15) is 5.56 Å². The molecule has 0 bridgehead atoms. The number of nitrogen functional groups attached to an aromatic ring is 1. The average Bonchev–Trinajstić information content (AvgIpc) is 2.47. The molecule has 0 aliphatic rings. The van der Waals surface area contributed by atoms with Crippen LogP contribution in [0.15, 0.2) is 47.4 Å². The van der Waals surface area contributed by atoms with E-state index in [1.807, 2.05) is 0 Å². The predicted molar refractivity (Wildman–Crippen MR) is 76.2 cm³/mol. The van der Waals surface area contributed by atoms with Gasteiger partial charge in [-0.3, -0.25) is 10.6 Å². The standard InChI is InChI=1S/C13H11FN4O2S/c14-12-2-1-3-13(11(12)8-15)18-21(19,20)10-6-4-9(17-16)5-7-10/h1-7,17-18H,16H2. The van der Waals surface area contributed by atoms with E-state index in [0.29, 0.717) is 5.69 Å². The molecule has 6 nitrogen and oxygen atoms in total. The van der Waals surface area contributed by atoms with Crippen LogP contribution in [-0.4, -0.2) is 8.42 Å². The second-order valence-corrected chi connectivity index (χ2v) is 5.73. The number of nitrogens with two attached hydrogens (primary N) is 1. The molecule has 2 aromatic carbocycles. The van der Waals surface area contributed by atoms with E-state index in [2.05, 4.69) is 10.1 Å². The smallest absolute Gasteiger partial charge is 0.261 e. The summed E-state index contributed by atoms with van der Waals surface area (Å²) >= 11 is 0. The summed E-state index contributed by atoms with van der Waals surface area (Å²) in [5.74, 6) is 4.40. The number of benzene rings is 2. The fraction of sp³-hybridized carbons (Fsp3) is 0. The number of halogens is 1. The largest absolute Gasteiger partial charge is 0.324 e. The van der Waals surface area contributed by atoms with E-state index in [9.17, 15) is 12.8 Å². The lowest BCUT2D eigenvalue weighted by atomic mass is 10.2. The predicted octanol–water partition coefficient (Wildman–Crippen LogP) is 1.78. The molecule has 21 heavy (non-hydrogen) atoms. The van der Waals surface area contributed by atoms with Gasteiger partial charge in [0.1, 0.15) is 17.4 Å². The van der Waals surface area contributed by atoms with Gasteiger partial charge in [0.25, 0.3) is 10.0 Å². The average molecular weight is 306 g/mol. The van der Waals surface area contributed by atoms with Crippen LogP contribution in [-0.2, 0) is 10.0 Å². The summed E-state index contributed by atoms with van der Waals surface area (Å²) in [4.78, 5) is -0.0327. The van der Waals surface area contributed by atoms with Crippen molar-refractivity contribution in [2.75, 3.05) is 10.1 Å². The number of nitrogens with one attached hydrogen (secondary N) is 2. The van der Waals surface area contributed by atoms with Crippen molar-refractivity contribution in [3.63, 3.8) is 0 Å². The Hall–Kier alpha value is -2.63. The number of anilines is 2. The SMILES string of the molecule is N#Cc1c(F)cccc1NS(=O)(=O)c1ccc(NN)cc1. The van der Waals surface area contributed by atoms with Crippen molar-refractivity contribution in [2.24, 2.45) is 5.84 Å². The first-order valence-electron chi connectivity index (χ1n) is 5.76. The van der Waals surface area contributed by atoms with Gasteiger partial charge in [0.2, 0.25) is 0 Å². The number of nitrogens with zero attached hydrogens (tertiary/aromatic N) is 1. The molecule has 0 spiro atoms. The Kier molecular flexibility index (Phi) is 4.07. The minimum atomic E-state index is -3.92. The van der Waals surface area contributed by atoms with Gasteiger partial charge in [-0.2, -0.15) is 5.26 Å². The quantitative estimate of drug-likeness (QED) is 0.589. The topological polar surface area (TPSA) is 108 Å². The second-order valence-electron chi connectivity index (χ2n) is 4.05. The third-order valence-electron chi connectivity index (χ3n) is 2.70. The van der Waals surface area contributed by atoms with Crippen LogP contribution in [0.5, 0.6) is 0 Å². The Morgan fingerprint density at radius 1 is 1.14 bits per heavy atom. The minimum Gasteiger partial charge on any atom is -0.324 e. The van der Waals surface area contributed by atoms with Crippen LogP contribution in [0.2, 0.25) is 0 Å². The molecule has 0 amide bonds. The van der Waals surface area contributed by atoms with Crippen LogP contribution in [0.4, 0.5) is 15.8 Å². The molecule has 4 N–H and O–H groups in total. The van der Waals surface area contributed by atoms with Gasteiger partial charge >= 0.3 is 0 Å². The zero-order valence-corrected chi connectivity index (χ0v) is 11.5. The van der Waals surface area contributed by atoms with Crippen molar-refractivity contribution < 1.29 is 12.8 Å². The maximum absolute atomic E-state index is 13.4. The molecular weight excluding hydrogens is 295 g/mol. The first-order chi connectivity index (χ1) is 9.97. The van der Waals surface area contributed by atoms with Crippen molar-refractivity contribution in [3.8, 4) is 6.07 Å². The third kappa shape index (κ3) is 3.10. The highest BCUT2D eigenvalue weighted by atomic mass is 32.2. The van der Waals surface area contributed by atoms with Crippen molar-refractivity contribution in [2.45, 2.75) is 4.90 Å². The molecule has 0 atom stereocenters. The number of sulfonamides is 1. The summed E-state index contributed by atoms with van der Waals surface area (Å²) in [6.45, 7) is 0. The van der Waals surface area contributed by atoms with Crippen molar-refractivity contribution in [1.82, 2.24) is 0 Å². The summed E-state index contributed by atoms with van der Waals surface area (Å²) < 4.78 is 40.0. The van der Waals surface area contributed by atoms with E-state index < -0.39 is 15.8 Å². The van der Waals surface area contributed by atoms with Crippen LogP contribution in [0.25, 0.3) is 0 Å². The van der Waals surface area contributed by atoms with E-state index in [4.69, 9.17) is 11.1 Å². The van der Waals surface area contributed by atoms with Gasteiger partial charge in [0.15, 0.2) is 0 Å². The van der Waals surface area contributed by atoms with Gasteiger partial charge in [0.05, 0.1) is 10.6 Å². The first-order valence-corrected chi connectivity index (χ1v) is 7.24. The van der Waals surface area contributed by atoms with Crippen LogP contribution in [0.3, 0.4) is 0 Å². The maximum Gasteiger partial charge on any atom is 0.261 e. The molecule has 0 aliphatic heterocycles. The number of hydrogen-bond donors (Lipinski definition) is 3. The molecule has 2 rings (SSSR count). The molecule has 108 valence electrons. The molecule has 2 aromatic rings. The normalized spacial score (nSPS) is 10.7. The van der Waals surface area contributed by atoms with E-state index >= 15 is 0 Å². The molecule has 0 saturated heterocycles. The molecule has 0 saturated carbocycles. The Morgan fingerprint density at radius 3 is 2.38 bits per heavy atom. The van der Waals surface area contributed by atoms with E-state index in [1.165, 1.54) is 36.4 Å². The minimum absolute atomic E-state index is 0.0327. The first kappa shape index (κ1) is 14.8. The van der Waals surface area contributed by atoms with Gasteiger partial charge in [0, 0.05) is 5.69 Å². The zero-order chi connectivity index (χ0) is 15.5. The number of rotatable bonds is 4. The number of hydrazine groups is 1. The van der Waals surface area contributed by atoms with Crippen molar-refractivity contribution in [1.29, 1.82) is 5.26 Å². The van der Waals surface area contributed by atoms with Gasteiger partial charge in [-0.1, -0.05) is 6.07 Å². The van der Waals surface area contributed by atoms with Crippen LogP contribution in [0, 0.1) is 17.1 Å². The molecule has 0 radical (unpaired) electrons. The molecule has 8 heteroatoms. The van der Waals surface area contributed by atoms with E-state index in [1.54, 1.807) is 6.07 Å². The van der Waals surface area contributed by atoms with Crippen LogP contribution >= 0.6 is 0 Å². The van der Waals surface area contributed by atoms with Crippen molar-refractivity contribution in [3.05, 3.63) is 53.8 Å². The van der Waals surface area contributed by atoms with E-state index in [-0.39, 0.29) is 16.1 Å². The van der Waals surface area contributed by atoms with Gasteiger partial charge in [-0.15, -0.1) is 0 Å². The highest BCUT2D eigenvalue weighted by Gasteiger charge is 2.17. The lowest BCUT2D eigenvalue weighted by Crippen LogP contribution is -2.14. The fourth-order valence-corrected chi connectivity index (χ4v) is 2.73. The molecular formula is C13H11FN4O2S. The lowest BCUT2D eigenvalue weighted by Gasteiger charge is -2.10. The highest BCUT2D eigenvalue weighted by molar-refractivity contribution is 7.92. The molecule has 0 heterocycles. The summed E-state index contributed by atoms with van der Waals surface area (Å²) in [6, 6.07) is 11.0. The number of nitriles is 1. The van der Waals surface area contributed by atoms with Crippen molar-refractivity contribution >= 4 is 21.4 Å². The van der Waals surface area contributed by atoms with Gasteiger partial charge < -0.3 is 5.43 Å². The molecule has 0 aromatic heterocycles. The number of hydrogen-bond acceptors (Lipinski definition) is 5. The lowest BCUT2D eigenvalue weighted by molar-refractivity contribution is 0.601. The van der Waals surface area contributed by atoms with Crippen LogP contribution < -0.4 is 16.0 Å². The Morgan fingerprint density at radius 2 is 1.81 bits per heavy atom. The Labute approximate surface area is 121 Å². The summed E-state index contributed by atoms with van der Waals surface area (Å²) in [6.07, 6.45) is 0. The Bertz CT molecular complexity index is 798. The summed E-state index contributed by atoms with van der Waals surface area (Å²) in [5.41, 5.74) is 2.44. The zero-order valence-electron chi connectivity index (χ0n) is 10.7. The summed E-state index contributed by atoms with van der Waals surface area (Å²) in [5, 5.41) is 8.89.